The van der Waals surface area contributed by atoms with Crippen molar-refractivity contribution in [3.05, 3.63) is 0 Å². The van der Waals surface area contributed by atoms with E-state index in [-0.39, 0.29) is 12.3 Å². The molecule has 0 aromatic heterocycles. The summed E-state index contributed by atoms with van der Waals surface area (Å²) in [4.78, 5) is 23.4. The quantitative estimate of drug-likeness (QED) is 0.498. The van der Waals surface area contributed by atoms with Crippen LogP contribution in [0, 0.1) is 0 Å². The summed E-state index contributed by atoms with van der Waals surface area (Å²) in [5, 5.41) is 9.02. The van der Waals surface area contributed by atoms with Gasteiger partial charge in [0.1, 0.15) is 0 Å². The van der Waals surface area contributed by atoms with E-state index in [0.29, 0.717) is 13.0 Å². The summed E-state index contributed by atoms with van der Waals surface area (Å²) in [6.07, 6.45) is -0.142. The molecule has 6 nitrogen and oxygen atoms in total. The normalized spacial score (nSPS) is 14.4. The highest BCUT2D eigenvalue weighted by molar-refractivity contribution is 5.87. The fourth-order valence-electron chi connectivity index (χ4n) is 1.08. The van der Waals surface area contributed by atoms with E-state index < -0.39 is 18.1 Å². The van der Waals surface area contributed by atoms with Gasteiger partial charge in [-0.05, 0) is 13.3 Å². The predicted molar refractivity (Wildman–Crippen MR) is 55.7 cm³/mol. The van der Waals surface area contributed by atoms with Crippen molar-refractivity contribution >= 4 is 11.8 Å². The zero-order valence-corrected chi connectivity index (χ0v) is 9.14. The van der Waals surface area contributed by atoms with Crippen molar-refractivity contribution in [2.24, 2.45) is 11.5 Å². The van der Waals surface area contributed by atoms with E-state index in [1.165, 1.54) is 4.90 Å². The third-order valence-corrected chi connectivity index (χ3v) is 2.00. The molecule has 0 saturated carbocycles. The number of carbonyl (C=O) groups excluding carboxylic acids is 2. The van der Waals surface area contributed by atoms with Crippen LogP contribution in [0.15, 0.2) is 0 Å². The molecule has 2 unspecified atom stereocenters. The van der Waals surface area contributed by atoms with Crippen LogP contribution in [0.4, 0.5) is 0 Å². The van der Waals surface area contributed by atoms with Gasteiger partial charge in [-0.1, -0.05) is 0 Å². The lowest BCUT2D eigenvalue weighted by Crippen LogP contribution is -2.44. The third kappa shape index (κ3) is 6.03. The van der Waals surface area contributed by atoms with Gasteiger partial charge in [0.15, 0.2) is 0 Å². The Bertz CT molecular complexity index is 231. The minimum atomic E-state index is -0.888. The van der Waals surface area contributed by atoms with Crippen molar-refractivity contribution in [3.63, 3.8) is 0 Å². The number of primary amides is 1. The molecule has 0 aliphatic rings. The first-order chi connectivity index (χ1) is 6.84. The molecule has 0 aromatic rings. The maximum Gasteiger partial charge on any atom is 0.239 e. The van der Waals surface area contributed by atoms with Crippen LogP contribution >= 0.6 is 0 Å². The van der Waals surface area contributed by atoms with Gasteiger partial charge < -0.3 is 21.5 Å². The van der Waals surface area contributed by atoms with Gasteiger partial charge in [-0.25, -0.2) is 0 Å². The summed E-state index contributed by atoms with van der Waals surface area (Å²) in [6.45, 7) is 2.05. The second-order valence-corrected chi connectivity index (χ2v) is 3.67. The number of aliphatic hydroxyl groups excluding tert-OH is 1. The molecule has 2 amide bonds. The van der Waals surface area contributed by atoms with Crippen LogP contribution in [-0.4, -0.2) is 47.6 Å². The number of nitrogens with zero attached hydrogens (tertiary/aromatic N) is 1. The molecule has 0 bridgehead atoms. The molecule has 15 heavy (non-hydrogen) atoms. The van der Waals surface area contributed by atoms with Gasteiger partial charge in [-0.3, -0.25) is 9.59 Å². The zero-order valence-electron chi connectivity index (χ0n) is 9.14. The van der Waals surface area contributed by atoms with E-state index in [2.05, 4.69) is 0 Å². The second-order valence-electron chi connectivity index (χ2n) is 3.67. The Balaban J connectivity index is 4.01. The largest absolute Gasteiger partial charge is 0.393 e. The smallest absolute Gasteiger partial charge is 0.239 e. The minimum absolute atomic E-state index is 0.155. The van der Waals surface area contributed by atoms with E-state index >= 15 is 0 Å². The number of hydrogen-bond acceptors (Lipinski definition) is 4. The van der Waals surface area contributed by atoms with Gasteiger partial charge in [0.25, 0.3) is 0 Å². The van der Waals surface area contributed by atoms with Crippen molar-refractivity contribution in [3.8, 4) is 0 Å². The van der Waals surface area contributed by atoms with E-state index in [0.717, 1.165) is 0 Å². The highest BCUT2D eigenvalue weighted by atomic mass is 16.3. The van der Waals surface area contributed by atoms with Crippen LogP contribution in [0.5, 0.6) is 0 Å². The molecule has 88 valence electrons. The molecule has 0 spiro atoms. The van der Waals surface area contributed by atoms with Crippen LogP contribution in [0.25, 0.3) is 0 Å². The van der Waals surface area contributed by atoms with E-state index in [9.17, 15) is 9.59 Å². The first-order valence-electron chi connectivity index (χ1n) is 4.81. The molecular weight excluding hydrogens is 198 g/mol. The van der Waals surface area contributed by atoms with Gasteiger partial charge in [-0.2, -0.15) is 0 Å². The fraction of sp³-hybridized carbons (Fsp3) is 0.778. The van der Waals surface area contributed by atoms with Gasteiger partial charge in [0, 0.05) is 13.6 Å². The molecule has 0 aromatic carbocycles. The van der Waals surface area contributed by atoms with Crippen molar-refractivity contribution in [2.75, 3.05) is 13.6 Å². The van der Waals surface area contributed by atoms with E-state index in [4.69, 9.17) is 16.6 Å². The molecule has 0 aliphatic carbocycles. The molecule has 0 aliphatic heterocycles. The Morgan fingerprint density at radius 1 is 1.47 bits per heavy atom. The topological polar surface area (TPSA) is 110 Å². The van der Waals surface area contributed by atoms with E-state index in [1.54, 1.807) is 14.0 Å². The lowest BCUT2D eigenvalue weighted by atomic mass is 10.2. The summed E-state index contributed by atoms with van der Waals surface area (Å²) in [6, 6.07) is -0.888. The standard InChI is InChI=1S/C9H19N3O3/c1-6(13)3-4-12(2)9(15)7(10)5-8(11)14/h6-7,13H,3-5,10H2,1-2H3,(H2,11,14). The Hall–Kier alpha value is -1.14. The Morgan fingerprint density at radius 2 is 2.00 bits per heavy atom. The number of likely N-dealkylation sites (N-methyl/N-ethyl adjacent to an activating group) is 1. The van der Waals surface area contributed by atoms with E-state index in [1.807, 2.05) is 0 Å². The molecule has 0 heterocycles. The molecule has 2 atom stereocenters. The summed E-state index contributed by atoms with van der Waals surface area (Å²) >= 11 is 0. The van der Waals surface area contributed by atoms with Crippen molar-refractivity contribution < 1.29 is 14.7 Å². The molecule has 0 fully saturated rings. The minimum Gasteiger partial charge on any atom is -0.393 e. The Kier molecular flexibility index (Phi) is 5.88. The summed E-state index contributed by atoms with van der Waals surface area (Å²) in [5.74, 6) is -0.936. The molecule has 0 saturated heterocycles. The van der Waals surface area contributed by atoms with Crippen LogP contribution in [0.1, 0.15) is 19.8 Å². The van der Waals surface area contributed by atoms with Crippen LogP contribution in [0.3, 0.4) is 0 Å². The Labute approximate surface area is 89.2 Å². The highest BCUT2D eigenvalue weighted by Crippen LogP contribution is 1.98. The molecule has 6 heteroatoms. The number of amides is 2. The molecule has 0 radical (unpaired) electrons. The number of nitrogens with two attached hydrogens (primary N) is 2. The average Bonchev–Trinajstić information content (AvgIpc) is 2.11. The molecular formula is C9H19N3O3. The number of hydrogen-bond donors (Lipinski definition) is 3. The summed E-state index contributed by atoms with van der Waals surface area (Å²) < 4.78 is 0. The van der Waals surface area contributed by atoms with Gasteiger partial charge in [0.2, 0.25) is 11.8 Å². The lowest BCUT2D eigenvalue weighted by molar-refractivity contribution is -0.133. The highest BCUT2D eigenvalue weighted by Gasteiger charge is 2.19. The average molecular weight is 217 g/mol. The molecule has 0 rings (SSSR count). The maximum atomic E-state index is 11.5. The summed E-state index contributed by atoms with van der Waals surface area (Å²) in [7, 11) is 1.57. The van der Waals surface area contributed by atoms with Gasteiger partial charge in [-0.15, -0.1) is 0 Å². The monoisotopic (exact) mass is 217 g/mol. The van der Waals surface area contributed by atoms with Gasteiger partial charge in [0.05, 0.1) is 18.6 Å². The predicted octanol–water partition coefficient (Wildman–Crippen LogP) is -1.58. The van der Waals surface area contributed by atoms with Crippen molar-refractivity contribution in [2.45, 2.75) is 31.9 Å². The Morgan fingerprint density at radius 3 is 2.40 bits per heavy atom. The number of rotatable bonds is 6. The van der Waals surface area contributed by atoms with Crippen molar-refractivity contribution in [1.29, 1.82) is 0 Å². The number of carbonyl (C=O) groups is 2. The van der Waals surface area contributed by atoms with Crippen LogP contribution < -0.4 is 11.5 Å². The first-order valence-corrected chi connectivity index (χ1v) is 4.81. The lowest BCUT2D eigenvalue weighted by Gasteiger charge is -2.21. The summed E-state index contributed by atoms with van der Waals surface area (Å²) in [5.41, 5.74) is 10.4. The van der Waals surface area contributed by atoms with Crippen molar-refractivity contribution in [1.82, 2.24) is 4.90 Å². The first kappa shape index (κ1) is 13.9. The maximum absolute atomic E-state index is 11.5. The molecule has 5 N–H and O–H groups in total. The fourth-order valence-corrected chi connectivity index (χ4v) is 1.08. The number of aliphatic hydroxyl groups is 1. The third-order valence-electron chi connectivity index (χ3n) is 2.00. The van der Waals surface area contributed by atoms with Gasteiger partial charge >= 0.3 is 0 Å². The van der Waals surface area contributed by atoms with Crippen LogP contribution in [-0.2, 0) is 9.59 Å². The zero-order chi connectivity index (χ0) is 12.0. The van der Waals surface area contributed by atoms with Crippen LogP contribution in [0.2, 0.25) is 0 Å². The SMILES string of the molecule is CC(O)CCN(C)C(=O)C(N)CC(N)=O. The second kappa shape index (κ2) is 6.36.